The first-order valence-corrected chi connectivity index (χ1v) is 11.2. The van der Waals surface area contributed by atoms with Crippen molar-refractivity contribution in [3.05, 3.63) is 83.6 Å². The third kappa shape index (κ3) is 5.53. The summed E-state index contributed by atoms with van der Waals surface area (Å²) in [5, 5.41) is 24.7. The molecule has 0 unspecified atom stereocenters. The molecule has 1 aromatic heterocycles. The number of carbonyl (C=O) groups excluding carboxylic acids is 1. The van der Waals surface area contributed by atoms with E-state index < -0.39 is 17.3 Å². The molecule has 0 radical (unpaired) electrons. The van der Waals surface area contributed by atoms with Gasteiger partial charge in [-0.1, -0.05) is 29.8 Å². The molecule has 3 aromatic carbocycles. The Labute approximate surface area is 207 Å². The second-order valence-electron chi connectivity index (χ2n) is 8.74. The smallest absolute Gasteiger partial charge is 0.310 e. The largest absolute Gasteiger partial charge is 0.505 e. The fourth-order valence-electron chi connectivity index (χ4n) is 3.35. The first-order chi connectivity index (χ1) is 16.6. The minimum Gasteiger partial charge on any atom is -0.505 e. The summed E-state index contributed by atoms with van der Waals surface area (Å²) in [6.45, 7) is 2.90. The van der Waals surface area contributed by atoms with E-state index in [0.717, 1.165) is 16.3 Å². The van der Waals surface area contributed by atoms with Crippen LogP contribution in [0.3, 0.4) is 0 Å². The van der Waals surface area contributed by atoms with Gasteiger partial charge in [0, 0.05) is 23.3 Å². The highest BCUT2D eigenvalue weighted by Gasteiger charge is 2.28. The Bertz CT molecular complexity index is 1420. The van der Waals surface area contributed by atoms with Crippen LogP contribution in [0.4, 0.5) is 0 Å². The first-order valence-electron chi connectivity index (χ1n) is 10.8. The third-order valence-electron chi connectivity index (χ3n) is 5.55. The van der Waals surface area contributed by atoms with Crippen molar-refractivity contribution in [2.75, 3.05) is 6.54 Å². The topological polar surface area (TPSA) is 109 Å². The highest BCUT2D eigenvalue weighted by atomic mass is 35.5. The number of carboxylic acid groups (broad SMARTS) is 1. The summed E-state index contributed by atoms with van der Waals surface area (Å²) in [7, 11) is 0. The van der Waals surface area contributed by atoms with E-state index in [2.05, 4.69) is 10.3 Å². The van der Waals surface area contributed by atoms with Crippen molar-refractivity contribution in [1.82, 2.24) is 10.3 Å². The van der Waals surface area contributed by atoms with Gasteiger partial charge in [-0.05, 0) is 78.7 Å². The summed E-state index contributed by atoms with van der Waals surface area (Å²) >= 11 is 5.92. The first kappa shape index (κ1) is 24.0. The number of aromatic hydroxyl groups is 1. The molecule has 1 heterocycles. The second-order valence-corrected chi connectivity index (χ2v) is 9.18. The van der Waals surface area contributed by atoms with E-state index in [1.165, 1.54) is 26.1 Å². The number of hydrogen-bond donors (Lipinski definition) is 3. The molecule has 0 saturated heterocycles. The van der Waals surface area contributed by atoms with Crippen LogP contribution in [0, 0.1) is 5.41 Å². The molecule has 0 spiro atoms. The normalized spacial score (nSPS) is 11.3. The fraction of sp³-hybridized carbons (Fsp3) is 0.148. The Hall–Kier alpha value is -4.10. The molecule has 0 aliphatic carbocycles. The second kappa shape index (κ2) is 9.64. The summed E-state index contributed by atoms with van der Waals surface area (Å²) in [6.07, 6.45) is 1.50. The monoisotopic (exact) mass is 490 g/mol. The predicted molar refractivity (Wildman–Crippen MR) is 134 cm³/mol. The van der Waals surface area contributed by atoms with Gasteiger partial charge in [0.15, 0.2) is 5.69 Å². The summed E-state index contributed by atoms with van der Waals surface area (Å²) in [4.78, 5) is 27.7. The van der Waals surface area contributed by atoms with Crippen LogP contribution in [0.2, 0.25) is 5.02 Å². The third-order valence-corrected chi connectivity index (χ3v) is 5.80. The van der Waals surface area contributed by atoms with Crippen LogP contribution in [0.1, 0.15) is 24.3 Å². The molecule has 178 valence electrons. The molecule has 7 nitrogen and oxygen atoms in total. The highest BCUT2D eigenvalue weighted by molar-refractivity contribution is 6.30. The molecule has 3 N–H and O–H groups in total. The maximum Gasteiger partial charge on any atom is 0.310 e. The average Bonchev–Trinajstić information content (AvgIpc) is 2.83. The van der Waals surface area contributed by atoms with Gasteiger partial charge in [-0.25, -0.2) is 4.98 Å². The molecule has 35 heavy (non-hydrogen) atoms. The zero-order valence-electron chi connectivity index (χ0n) is 19.1. The van der Waals surface area contributed by atoms with Crippen LogP contribution in [0.25, 0.3) is 21.9 Å². The van der Waals surface area contributed by atoms with Crippen LogP contribution in [-0.2, 0) is 4.79 Å². The number of nitrogens with one attached hydrogen (secondary N) is 1. The van der Waals surface area contributed by atoms with E-state index in [4.69, 9.17) is 16.3 Å². The molecule has 0 bridgehead atoms. The maximum atomic E-state index is 12.4. The van der Waals surface area contributed by atoms with E-state index in [-0.39, 0.29) is 18.0 Å². The van der Waals surface area contributed by atoms with E-state index in [1.807, 2.05) is 36.4 Å². The summed E-state index contributed by atoms with van der Waals surface area (Å²) in [6, 6.07) is 20.1. The van der Waals surface area contributed by atoms with Crippen LogP contribution < -0.4 is 10.1 Å². The number of halogens is 1. The average molecular weight is 491 g/mol. The predicted octanol–water partition coefficient (Wildman–Crippen LogP) is 5.89. The van der Waals surface area contributed by atoms with Gasteiger partial charge in [-0.3, -0.25) is 9.59 Å². The fourth-order valence-corrected chi connectivity index (χ4v) is 3.48. The van der Waals surface area contributed by atoms with Gasteiger partial charge >= 0.3 is 5.97 Å². The van der Waals surface area contributed by atoms with Crippen molar-refractivity contribution in [2.45, 2.75) is 13.8 Å². The van der Waals surface area contributed by atoms with Crippen LogP contribution in [-0.4, -0.2) is 33.6 Å². The zero-order chi connectivity index (χ0) is 25.2. The summed E-state index contributed by atoms with van der Waals surface area (Å²) in [5.74, 6) is -0.601. The van der Waals surface area contributed by atoms with Crippen LogP contribution >= 0.6 is 11.6 Å². The van der Waals surface area contributed by atoms with E-state index in [1.54, 1.807) is 24.3 Å². The van der Waals surface area contributed by atoms with E-state index in [0.29, 0.717) is 22.1 Å². The van der Waals surface area contributed by atoms with Gasteiger partial charge in [-0.15, -0.1) is 0 Å². The number of carbonyl (C=O) groups is 2. The lowest BCUT2D eigenvalue weighted by Crippen LogP contribution is -2.39. The molecule has 1 amide bonds. The standard InChI is InChI=1S/C27H23ClN2O5/c1-27(2,26(33)34)15-30-25(32)24-23(31)13-19(14-29-24)17-3-4-18-12-22(8-5-16(18)11-17)35-21-9-6-20(28)7-10-21/h3-14,31H,15H2,1-2H3,(H,30,32)(H,33,34). The van der Waals surface area contributed by atoms with Gasteiger partial charge in [0.05, 0.1) is 5.41 Å². The SMILES string of the molecule is CC(C)(CNC(=O)c1ncc(-c2ccc3cc(Oc4ccc(Cl)cc4)ccc3c2)cc1O)C(=O)O. The molecule has 4 aromatic rings. The minimum absolute atomic E-state index is 0.0988. The van der Waals surface area contributed by atoms with Gasteiger partial charge in [0.25, 0.3) is 5.91 Å². The Morgan fingerprint density at radius 1 is 0.943 bits per heavy atom. The van der Waals surface area contributed by atoms with E-state index in [9.17, 15) is 19.8 Å². The van der Waals surface area contributed by atoms with Crippen molar-refractivity contribution < 1.29 is 24.5 Å². The molecule has 8 heteroatoms. The van der Waals surface area contributed by atoms with E-state index >= 15 is 0 Å². The Kier molecular flexibility index (Phi) is 6.62. The number of aliphatic carboxylic acids is 1. The molecule has 4 rings (SSSR count). The number of aromatic nitrogens is 1. The zero-order valence-corrected chi connectivity index (χ0v) is 19.8. The lowest BCUT2D eigenvalue weighted by molar-refractivity contribution is -0.146. The molecule has 0 aliphatic heterocycles. The summed E-state index contributed by atoms with van der Waals surface area (Å²) in [5.41, 5.74) is 0.134. The lowest BCUT2D eigenvalue weighted by atomic mass is 9.94. The van der Waals surface area contributed by atoms with Gasteiger partial charge in [0.1, 0.15) is 17.2 Å². The Morgan fingerprint density at radius 3 is 2.29 bits per heavy atom. The van der Waals surface area contributed by atoms with Crippen molar-refractivity contribution in [1.29, 1.82) is 0 Å². The number of rotatable bonds is 7. The van der Waals surface area contributed by atoms with Gasteiger partial charge in [0.2, 0.25) is 0 Å². The number of amides is 1. The number of fused-ring (bicyclic) bond motifs is 1. The molecule has 0 saturated carbocycles. The number of carboxylic acids is 1. The highest BCUT2D eigenvalue weighted by Crippen LogP contribution is 2.31. The quantitative estimate of drug-likeness (QED) is 0.298. The van der Waals surface area contributed by atoms with Crippen molar-refractivity contribution in [3.63, 3.8) is 0 Å². The molecule has 0 aliphatic rings. The number of nitrogens with zero attached hydrogens (tertiary/aromatic N) is 1. The summed E-state index contributed by atoms with van der Waals surface area (Å²) < 4.78 is 5.89. The number of ether oxygens (including phenoxy) is 1. The maximum absolute atomic E-state index is 12.4. The number of benzene rings is 3. The molecular weight excluding hydrogens is 468 g/mol. The molecule has 0 atom stereocenters. The molecule has 0 fully saturated rings. The van der Waals surface area contributed by atoms with Crippen molar-refractivity contribution in [3.8, 4) is 28.4 Å². The Balaban J connectivity index is 1.51. The van der Waals surface area contributed by atoms with Crippen LogP contribution in [0.5, 0.6) is 17.2 Å². The van der Waals surface area contributed by atoms with Gasteiger partial charge < -0.3 is 20.3 Å². The number of pyridine rings is 1. The number of hydrogen-bond acceptors (Lipinski definition) is 5. The lowest BCUT2D eigenvalue weighted by Gasteiger charge is -2.19. The van der Waals surface area contributed by atoms with Gasteiger partial charge in [-0.2, -0.15) is 0 Å². The molecular formula is C27H23ClN2O5. The minimum atomic E-state index is -1.14. The van der Waals surface area contributed by atoms with Crippen molar-refractivity contribution >= 4 is 34.2 Å². The Morgan fingerprint density at radius 2 is 1.60 bits per heavy atom. The van der Waals surface area contributed by atoms with Crippen LogP contribution in [0.15, 0.2) is 72.9 Å². The van der Waals surface area contributed by atoms with Crippen molar-refractivity contribution in [2.24, 2.45) is 5.41 Å².